The van der Waals surface area contributed by atoms with Crippen molar-refractivity contribution < 1.29 is 4.79 Å². The highest BCUT2D eigenvalue weighted by Crippen LogP contribution is 2.32. The molecule has 7 heteroatoms. The molecule has 1 atom stereocenters. The molecule has 1 N–H and O–H groups in total. The van der Waals surface area contributed by atoms with Crippen LogP contribution in [0, 0.1) is 0 Å². The van der Waals surface area contributed by atoms with Crippen molar-refractivity contribution in [1.29, 1.82) is 0 Å². The molecule has 3 aromatic rings. The summed E-state index contributed by atoms with van der Waals surface area (Å²) < 4.78 is 1.98. The Hall–Kier alpha value is -1.95. The molecule has 0 saturated heterocycles. The summed E-state index contributed by atoms with van der Waals surface area (Å²) in [5.74, 6) is -0.186. The normalized spacial score (nSPS) is 12.0. The monoisotopic (exact) mass is 405 g/mol. The number of carbonyl (C=O) groups excluding carboxylic acids is 1. The summed E-state index contributed by atoms with van der Waals surface area (Å²) in [5, 5.41) is 4.01. The molecule has 0 fully saturated rings. The van der Waals surface area contributed by atoms with Crippen molar-refractivity contribution in [3.05, 3.63) is 64.8 Å². The largest absolute Gasteiger partial charge is 0.323 e. The zero-order valence-corrected chi connectivity index (χ0v) is 16.6. The average Bonchev–Trinajstić information content (AvgIpc) is 2.99. The van der Waals surface area contributed by atoms with Crippen molar-refractivity contribution >= 4 is 46.6 Å². The van der Waals surface area contributed by atoms with E-state index in [2.05, 4.69) is 10.3 Å². The van der Waals surface area contributed by atoms with Crippen LogP contribution in [0.5, 0.6) is 0 Å². The van der Waals surface area contributed by atoms with Crippen LogP contribution >= 0.6 is 35.0 Å². The lowest BCUT2D eigenvalue weighted by Gasteiger charge is -2.14. The molecule has 0 aliphatic carbocycles. The summed E-state index contributed by atoms with van der Waals surface area (Å²) in [4.78, 5) is 17.0. The number of aromatic nitrogens is 2. The number of anilines is 1. The molecule has 4 nitrogen and oxygen atoms in total. The van der Waals surface area contributed by atoms with Crippen LogP contribution in [0.2, 0.25) is 10.0 Å². The van der Waals surface area contributed by atoms with Crippen molar-refractivity contribution in [1.82, 2.24) is 9.55 Å². The first kappa shape index (κ1) is 18.8. The van der Waals surface area contributed by atoms with Crippen molar-refractivity contribution in [2.24, 2.45) is 7.05 Å². The van der Waals surface area contributed by atoms with Gasteiger partial charge in [-0.05, 0) is 24.6 Å². The Balaban J connectivity index is 1.73. The van der Waals surface area contributed by atoms with Crippen LogP contribution in [0.25, 0.3) is 11.3 Å². The number of thioether (sulfide) groups is 1. The minimum atomic E-state index is -0.368. The van der Waals surface area contributed by atoms with E-state index in [0.717, 1.165) is 16.4 Å². The highest BCUT2D eigenvalue weighted by Gasteiger charge is 2.20. The van der Waals surface area contributed by atoms with Gasteiger partial charge in [-0.3, -0.25) is 4.79 Å². The predicted molar refractivity (Wildman–Crippen MR) is 109 cm³/mol. The highest BCUT2D eigenvalue weighted by molar-refractivity contribution is 8.00. The number of carbonyl (C=O) groups is 1. The van der Waals surface area contributed by atoms with Crippen molar-refractivity contribution in [3.8, 4) is 11.3 Å². The maximum atomic E-state index is 12.5. The third-order valence-corrected chi connectivity index (χ3v) is 5.67. The van der Waals surface area contributed by atoms with E-state index in [1.165, 1.54) is 11.8 Å². The van der Waals surface area contributed by atoms with Crippen molar-refractivity contribution in [2.75, 3.05) is 5.32 Å². The highest BCUT2D eigenvalue weighted by atomic mass is 35.5. The maximum Gasteiger partial charge on any atom is 0.237 e. The SMILES string of the molecule is CC(Sc1ncc(-c2ccccc2)n1C)C(=O)Nc1c(Cl)cccc1Cl. The Bertz CT molecular complexity index is 908. The van der Waals surface area contributed by atoms with Gasteiger partial charge in [-0.1, -0.05) is 71.4 Å². The minimum absolute atomic E-state index is 0.186. The third kappa shape index (κ3) is 4.06. The topological polar surface area (TPSA) is 46.9 Å². The van der Waals surface area contributed by atoms with Gasteiger partial charge in [0, 0.05) is 7.05 Å². The Labute approximate surface area is 166 Å². The fourth-order valence-corrected chi connectivity index (χ4v) is 3.78. The molecule has 1 aromatic heterocycles. The number of imidazole rings is 1. The molecule has 134 valence electrons. The number of rotatable bonds is 5. The Morgan fingerprint density at radius 3 is 2.42 bits per heavy atom. The van der Waals surface area contributed by atoms with Crippen LogP contribution < -0.4 is 5.32 Å². The molecular formula is C19H17Cl2N3OS. The molecule has 1 unspecified atom stereocenters. The molecule has 26 heavy (non-hydrogen) atoms. The molecule has 2 aromatic carbocycles. The van der Waals surface area contributed by atoms with E-state index in [1.54, 1.807) is 18.2 Å². The molecule has 1 amide bonds. The van der Waals surface area contributed by atoms with Crippen LogP contribution in [-0.4, -0.2) is 20.7 Å². The van der Waals surface area contributed by atoms with Gasteiger partial charge in [0.1, 0.15) is 0 Å². The fourth-order valence-electron chi connectivity index (χ4n) is 2.43. The van der Waals surface area contributed by atoms with Crippen molar-refractivity contribution in [2.45, 2.75) is 17.3 Å². The summed E-state index contributed by atoms with van der Waals surface area (Å²) in [5.41, 5.74) is 2.50. The van der Waals surface area contributed by atoms with Crippen molar-refractivity contribution in [3.63, 3.8) is 0 Å². The molecule has 0 saturated carbocycles. The Morgan fingerprint density at radius 1 is 1.12 bits per heavy atom. The Morgan fingerprint density at radius 2 is 1.77 bits per heavy atom. The number of amides is 1. The zero-order chi connectivity index (χ0) is 18.7. The second-order valence-corrected chi connectivity index (χ2v) is 7.82. The maximum absolute atomic E-state index is 12.5. The van der Waals surface area contributed by atoms with E-state index < -0.39 is 0 Å². The van der Waals surface area contributed by atoms with E-state index in [4.69, 9.17) is 23.2 Å². The summed E-state index contributed by atoms with van der Waals surface area (Å²) in [7, 11) is 1.94. The number of para-hydroxylation sites is 1. The predicted octanol–water partition coefficient (Wildman–Crippen LogP) is 5.51. The van der Waals surface area contributed by atoms with Gasteiger partial charge in [0.15, 0.2) is 5.16 Å². The van der Waals surface area contributed by atoms with E-state index in [-0.39, 0.29) is 11.2 Å². The number of nitrogens with one attached hydrogen (secondary N) is 1. The number of nitrogens with zero attached hydrogens (tertiary/aromatic N) is 2. The van der Waals surface area contributed by atoms with Gasteiger partial charge in [-0.25, -0.2) is 4.98 Å². The van der Waals surface area contributed by atoms with Gasteiger partial charge in [0.2, 0.25) is 5.91 Å². The molecule has 0 bridgehead atoms. The number of benzene rings is 2. The molecule has 1 heterocycles. The molecule has 0 aliphatic rings. The minimum Gasteiger partial charge on any atom is -0.323 e. The lowest BCUT2D eigenvalue weighted by Crippen LogP contribution is -2.23. The van der Waals surface area contributed by atoms with Crippen LogP contribution in [0.15, 0.2) is 59.9 Å². The number of hydrogen-bond acceptors (Lipinski definition) is 3. The van der Waals surface area contributed by atoms with E-state index in [1.807, 2.05) is 55.1 Å². The first-order valence-corrected chi connectivity index (χ1v) is 9.59. The fraction of sp³-hybridized carbons (Fsp3) is 0.158. The second-order valence-electron chi connectivity index (χ2n) is 5.70. The van der Waals surface area contributed by atoms with E-state index >= 15 is 0 Å². The Kier molecular flexibility index (Phi) is 5.91. The second kappa shape index (κ2) is 8.16. The van der Waals surface area contributed by atoms with Crippen LogP contribution in [0.3, 0.4) is 0 Å². The molecule has 0 aliphatic heterocycles. The number of halogens is 2. The summed E-state index contributed by atoms with van der Waals surface area (Å²) in [6.45, 7) is 1.82. The third-order valence-electron chi connectivity index (χ3n) is 3.88. The zero-order valence-electron chi connectivity index (χ0n) is 14.2. The van der Waals surface area contributed by atoms with Gasteiger partial charge in [-0.2, -0.15) is 0 Å². The van der Waals surface area contributed by atoms with E-state index in [9.17, 15) is 4.79 Å². The molecule has 0 spiro atoms. The quantitative estimate of drug-likeness (QED) is 0.568. The van der Waals surface area contributed by atoms with Gasteiger partial charge in [0.25, 0.3) is 0 Å². The summed E-state index contributed by atoms with van der Waals surface area (Å²) in [6, 6.07) is 15.1. The smallest absolute Gasteiger partial charge is 0.237 e. The molecule has 0 radical (unpaired) electrons. The van der Waals surface area contributed by atoms with Gasteiger partial charge >= 0.3 is 0 Å². The summed E-state index contributed by atoms with van der Waals surface area (Å²) in [6.07, 6.45) is 1.81. The lowest BCUT2D eigenvalue weighted by molar-refractivity contribution is -0.115. The average molecular weight is 406 g/mol. The summed E-state index contributed by atoms with van der Waals surface area (Å²) >= 11 is 13.6. The van der Waals surface area contributed by atoms with Gasteiger partial charge < -0.3 is 9.88 Å². The van der Waals surface area contributed by atoms with E-state index in [0.29, 0.717) is 15.7 Å². The molecule has 3 rings (SSSR count). The molecular weight excluding hydrogens is 389 g/mol. The van der Waals surface area contributed by atoms with Gasteiger partial charge in [-0.15, -0.1) is 0 Å². The lowest BCUT2D eigenvalue weighted by atomic mass is 10.2. The van der Waals surface area contributed by atoms with Gasteiger partial charge in [0.05, 0.1) is 32.9 Å². The van der Waals surface area contributed by atoms with Crippen LogP contribution in [-0.2, 0) is 11.8 Å². The first-order valence-electron chi connectivity index (χ1n) is 7.96. The first-order chi connectivity index (χ1) is 12.5. The van der Waals surface area contributed by atoms with Crippen LogP contribution in [0.4, 0.5) is 5.69 Å². The van der Waals surface area contributed by atoms with Crippen LogP contribution in [0.1, 0.15) is 6.92 Å². The standard InChI is InChI=1S/C19H17Cl2N3OS/c1-12(18(25)23-17-14(20)9-6-10-15(17)21)26-19-22-11-16(24(19)2)13-7-4-3-5-8-13/h3-12H,1-2H3,(H,23,25). The number of hydrogen-bond donors (Lipinski definition) is 1.